The Morgan fingerprint density at radius 2 is 1.78 bits per heavy atom. The number of amides is 2. The van der Waals surface area contributed by atoms with E-state index in [4.69, 9.17) is 9.26 Å². The number of carbonyl (C=O) groups excluding carboxylic acids is 2. The second-order valence-corrected chi connectivity index (χ2v) is 5.69. The van der Waals surface area contributed by atoms with Crippen molar-refractivity contribution in [3.63, 3.8) is 0 Å². The monoisotopic (exact) mass is 365 g/mol. The zero-order chi connectivity index (χ0) is 19.1. The van der Waals surface area contributed by atoms with Gasteiger partial charge in [0.15, 0.2) is 6.61 Å². The lowest BCUT2D eigenvalue weighted by Gasteiger charge is -2.10. The molecule has 0 aliphatic carbocycles. The average Bonchev–Trinajstić information content (AvgIpc) is 3.21. The average molecular weight is 365 g/mol. The quantitative estimate of drug-likeness (QED) is 0.655. The molecule has 0 saturated heterocycles. The third-order valence-electron chi connectivity index (χ3n) is 3.83. The normalized spacial score (nSPS) is 10.3. The molecule has 0 bridgehead atoms. The molecule has 2 amide bonds. The molecule has 0 radical (unpaired) electrons. The number of ether oxygens (including phenoxy) is 1. The third kappa shape index (κ3) is 4.72. The molecule has 0 atom stereocenters. The van der Waals surface area contributed by atoms with E-state index in [1.807, 2.05) is 55.5 Å². The van der Waals surface area contributed by atoms with Gasteiger partial charge in [-0.05, 0) is 18.1 Å². The second kappa shape index (κ2) is 8.66. The highest BCUT2D eigenvalue weighted by atomic mass is 16.5. The fraction of sp³-hybridized carbons (Fsp3) is 0.150. The summed E-state index contributed by atoms with van der Waals surface area (Å²) in [5.41, 5.74) is 6.93. The highest BCUT2D eigenvalue weighted by molar-refractivity contribution is 5.93. The Labute approximate surface area is 156 Å². The van der Waals surface area contributed by atoms with E-state index in [1.165, 1.54) is 6.07 Å². The molecule has 7 heteroatoms. The molecule has 1 aromatic heterocycles. The second-order valence-electron chi connectivity index (χ2n) is 5.69. The molecule has 1 heterocycles. The minimum atomic E-state index is -0.605. The number of aromatic nitrogens is 1. The minimum Gasteiger partial charge on any atom is -0.483 e. The first-order chi connectivity index (χ1) is 13.2. The molecule has 27 heavy (non-hydrogen) atoms. The lowest BCUT2D eigenvalue weighted by atomic mass is 10.1. The molecule has 2 N–H and O–H groups in total. The van der Waals surface area contributed by atoms with E-state index in [-0.39, 0.29) is 12.4 Å². The van der Waals surface area contributed by atoms with Crippen molar-refractivity contribution in [3.05, 3.63) is 72.0 Å². The van der Waals surface area contributed by atoms with Crippen LogP contribution in [0.5, 0.6) is 5.75 Å². The van der Waals surface area contributed by atoms with Crippen LogP contribution in [0.15, 0.2) is 65.2 Å². The van der Waals surface area contributed by atoms with Gasteiger partial charge in [0.25, 0.3) is 5.91 Å². The Morgan fingerprint density at radius 3 is 2.56 bits per heavy atom. The van der Waals surface area contributed by atoms with Crippen LogP contribution >= 0.6 is 0 Å². The van der Waals surface area contributed by atoms with Crippen LogP contribution in [-0.2, 0) is 11.2 Å². The van der Waals surface area contributed by atoms with Gasteiger partial charge in [0.1, 0.15) is 11.4 Å². The number of aryl methyl sites for hydroxylation is 1. The van der Waals surface area contributed by atoms with Gasteiger partial charge < -0.3 is 9.26 Å². The SMILES string of the molecule is CCc1ccccc1OCC(=O)NNC(=O)c1cc(-c2ccccc2)no1. The summed E-state index contributed by atoms with van der Waals surface area (Å²) in [6, 6.07) is 18.3. The summed E-state index contributed by atoms with van der Waals surface area (Å²) in [7, 11) is 0. The number of hydrazine groups is 1. The summed E-state index contributed by atoms with van der Waals surface area (Å²) in [6.07, 6.45) is 0.795. The molecule has 0 spiro atoms. The van der Waals surface area contributed by atoms with Crippen LogP contribution in [0.4, 0.5) is 0 Å². The van der Waals surface area contributed by atoms with Gasteiger partial charge in [0, 0.05) is 11.6 Å². The molecule has 0 aliphatic rings. The Balaban J connectivity index is 1.50. The summed E-state index contributed by atoms with van der Waals surface area (Å²) >= 11 is 0. The summed E-state index contributed by atoms with van der Waals surface area (Å²) in [6.45, 7) is 1.78. The van der Waals surface area contributed by atoms with Crippen molar-refractivity contribution in [1.29, 1.82) is 0 Å². The summed E-state index contributed by atoms with van der Waals surface area (Å²) in [5.74, 6) is -0.459. The molecule has 3 rings (SSSR count). The van der Waals surface area contributed by atoms with E-state index in [2.05, 4.69) is 16.0 Å². The summed E-state index contributed by atoms with van der Waals surface area (Å²) in [4.78, 5) is 23.9. The maximum Gasteiger partial charge on any atom is 0.308 e. The van der Waals surface area contributed by atoms with Gasteiger partial charge in [-0.25, -0.2) is 0 Å². The van der Waals surface area contributed by atoms with Crippen molar-refractivity contribution in [2.75, 3.05) is 6.61 Å². The first-order valence-corrected chi connectivity index (χ1v) is 8.49. The highest BCUT2D eigenvalue weighted by Gasteiger charge is 2.15. The zero-order valence-electron chi connectivity index (χ0n) is 14.8. The van der Waals surface area contributed by atoms with Gasteiger partial charge in [-0.1, -0.05) is 60.6 Å². The van der Waals surface area contributed by atoms with Gasteiger partial charge in [-0.2, -0.15) is 0 Å². The van der Waals surface area contributed by atoms with Crippen molar-refractivity contribution in [2.24, 2.45) is 0 Å². The predicted octanol–water partition coefficient (Wildman–Crippen LogP) is 2.74. The fourth-order valence-corrected chi connectivity index (χ4v) is 2.43. The van der Waals surface area contributed by atoms with Crippen molar-refractivity contribution >= 4 is 11.8 Å². The number of carbonyl (C=O) groups is 2. The van der Waals surface area contributed by atoms with Crippen molar-refractivity contribution < 1.29 is 18.8 Å². The lowest BCUT2D eigenvalue weighted by Crippen LogP contribution is -2.43. The number of hydrogen-bond acceptors (Lipinski definition) is 5. The molecular weight excluding hydrogens is 346 g/mol. The van der Waals surface area contributed by atoms with Crippen LogP contribution in [0, 0.1) is 0 Å². The summed E-state index contributed by atoms with van der Waals surface area (Å²) < 4.78 is 10.5. The fourth-order valence-electron chi connectivity index (χ4n) is 2.43. The van der Waals surface area contributed by atoms with E-state index in [0.717, 1.165) is 17.5 Å². The van der Waals surface area contributed by atoms with Gasteiger partial charge in [0.2, 0.25) is 5.76 Å². The smallest absolute Gasteiger partial charge is 0.308 e. The topological polar surface area (TPSA) is 93.5 Å². The number of nitrogens with zero attached hydrogens (tertiary/aromatic N) is 1. The number of hydrogen-bond donors (Lipinski definition) is 2. The molecule has 0 aliphatic heterocycles. The molecule has 0 fully saturated rings. The first-order valence-electron chi connectivity index (χ1n) is 8.49. The molecule has 2 aromatic carbocycles. The van der Waals surface area contributed by atoms with Crippen LogP contribution in [0.25, 0.3) is 11.3 Å². The molecule has 138 valence electrons. The Kier molecular flexibility index (Phi) is 5.84. The van der Waals surface area contributed by atoms with E-state index in [9.17, 15) is 9.59 Å². The standard InChI is InChI=1S/C20H19N3O4/c1-2-14-8-6-7-11-17(14)26-13-19(24)21-22-20(25)18-12-16(23-27-18)15-9-4-3-5-10-15/h3-12H,2,13H2,1H3,(H,21,24)(H,22,25). The number of rotatable bonds is 6. The summed E-state index contributed by atoms with van der Waals surface area (Å²) in [5, 5.41) is 3.86. The number of benzene rings is 2. The van der Waals surface area contributed by atoms with Crippen LogP contribution in [-0.4, -0.2) is 23.6 Å². The van der Waals surface area contributed by atoms with E-state index < -0.39 is 11.8 Å². The maximum absolute atomic E-state index is 12.1. The van der Waals surface area contributed by atoms with Crippen molar-refractivity contribution in [2.45, 2.75) is 13.3 Å². The molecule has 3 aromatic rings. The van der Waals surface area contributed by atoms with Crippen LogP contribution < -0.4 is 15.6 Å². The number of para-hydroxylation sites is 1. The number of nitrogens with one attached hydrogen (secondary N) is 2. The highest BCUT2D eigenvalue weighted by Crippen LogP contribution is 2.19. The molecule has 0 unspecified atom stereocenters. The molecule has 7 nitrogen and oxygen atoms in total. The minimum absolute atomic E-state index is 0.00796. The zero-order valence-corrected chi connectivity index (χ0v) is 14.8. The molecule has 0 saturated carbocycles. The van der Waals surface area contributed by atoms with Gasteiger partial charge >= 0.3 is 5.91 Å². The van der Waals surface area contributed by atoms with Crippen LogP contribution in [0.2, 0.25) is 0 Å². The maximum atomic E-state index is 12.1. The Bertz CT molecular complexity index is 922. The van der Waals surface area contributed by atoms with E-state index >= 15 is 0 Å². The Hall–Kier alpha value is -3.61. The largest absolute Gasteiger partial charge is 0.483 e. The molecular formula is C20H19N3O4. The van der Waals surface area contributed by atoms with Crippen LogP contribution in [0.3, 0.4) is 0 Å². The first kappa shape index (κ1) is 18.2. The third-order valence-corrected chi connectivity index (χ3v) is 3.83. The van der Waals surface area contributed by atoms with Crippen LogP contribution in [0.1, 0.15) is 23.0 Å². The van der Waals surface area contributed by atoms with Gasteiger partial charge in [-0.15, -0.1) is 0 Å². The van der Waals surface area contributed by atoms with E-state index in [1.54, 1.807) is 6.07 Å². The Morgan fingerprint density at radius 1 is 1.04 bits per heavy atom. The van der Waals surface area contributed by atoms with Crippen molar-refractivity contribution in [1.82, 2.24) is 16.0 Å². The van der Waals surface area contributed by atoms with Gasteiger partial charge in [0.05, 0.1) is 0 Å². The van der Waals surface area contributed by atoms with Gasteiger partial charge in [-0.3, -0.25) is 20.4 Å². The lowest BCUT2D eigenvalue weighted by molar-refractivity contribution is -0.123. The van der Waals surface area contributed by atoms with E-state index in [0.29, 0.717) is 11.4 Å². The predicted molar refractivity (Wildman–Crippen MR) is 98.9 cm³/mol. The van der Waals surface area contributed by atoms with Crippen molar-refractivity contribution in [3.8, 4) is 17.0 Å².